The van der Waals surface area contributed by atoms with Crippen molar-refractivity contribution >= 4 is 92.3 Å². The summed E-state index contributed by atoms with van der Waals surface area (Å²) in [4.78, 5) is 2.42. The molecule has 0 atom stereocenters. The van der Waals surface area contributed by atoms with Crippen molar-refractivity contribution in [2.45, 2.75) is 0 Å². The molecule has 0 aliphatic rings. The third kappa shape index (κ3) is 4.38. The predicted octanol–water partition coefficient (Wildman–Crippen LogP) is 14.2. The summed E-state index contributed by atoms with van der Waals surface area (Å²) in [5, 5.41) is 7.25. The van der Waals surface area contributed by atoms with Crippen molar-refractivity contribution in [2.75, 3.05) is 4.90 Å². The molecule has 3 heterocycles. The summed E-state index contributed by atoms with van der Waals surface area (Å²) in [5.41, 5.74) is 11.0. The van der Waals surface area contributed by atoms with E-state index in [-0.39, 0.29) is 0 Å². The molecular formula is C48H30N2OS. The van der Waals surface area contributed by atoms with E-state index < -0.39 is 0 Å². The molecule has 11 aromatic rings. The van der Waals surface area contributed by atoms with Crippen molar-refractivity contribution in [3.05, 3.63) is 182 Å². The van der Waals surface area contributed by atoms with Gasteiger partial charge in [0.15, 0.2) is 0 Å². The molecule has 4 heteroatoms. The summed E-state index contributed by atoms with van der Waals surface area (Å²) in [7, 11) is 0. The summed E-state index contributed by atoms with van der Waals surface area (Å²) in [6.07, 6.45) is 0. The molecule has 0 aliphatic heterocycles. The van der Waals surface area contributed by atoms with Crippen LogP contribution in [0.2, 0.25) is 0 Å². The summed E-state index contributed by atoms with van der Waals surface area (Å²) in [5.74, 6) is 0. The molecule has 0 saturated carbocycles. The van der Waals surface area contributed by atoms with Crippen molar-refractivity contribution in [1.29, 1.82) is 0 Å². The normalized spacial score (nSPS) is 11.8. The predicted molar refractivity (Wildman–Crippen MR) is 221 cm³/mol. The van der Waals surface area contributed by atoms with E-state index >= 15 is 0 Å². The van der Waals surface area contributed by atoms with E-state index in [2.05, 4.69) is 185 Å². The zero-order valence-corrected chi connectivity index (χ0v) is 28.8. The number of thiophene rings is 1. The Morgan fingerprint density at radius 1 is 0.423 bits per heavy atom. The first-order valence-corrected chi connectivity index (χ1v) is 18.4. The number of aromatic nitrogens is 1. The number of rotatable bonds is 5. The molecule has 52 heavy (non-hydrogen) atoms. The van der Waals surface area contributed by atoms with E-state index in [0.717, 1.165) is 39.0 Å². The van der Waals surface area contributed by atoms with Crippen LogP contribution in [0.3, 0.4) is 0 Å². The second kappa shape index (κ2) is 11.5. The fourth-order valence-corrected chi connectivity index (χ4v) is 9.23. The van der Waals surface area contributed by atoms with Gasteiger partial charge in [0.05, 0.1) is 27.8 Å². The lowest BCUT2D eigenvalue weighted by Gasteiger charge is -2.27. The highest BCUT2D eigenvalue weighted by Gasteiger charge is 2.22. The largest absolute Gasteiger partial charge is 0.456 e. The summed E-state index contributed by atoms with van der Waals surface area (Å²) in [6.45, 7) is 0. The Labute approximate surface area is 303 Å². The molecule has 244 valence electrons. The smallest absolute Gasteiger partial charge is 0.137 e. The van der Waals surface area contributed by atoms with Gasteiger partial charge in [-0.3, -0.25) is 0 Å². The lowest BCUT2D eigenvalue weighted by molar-refractivity contribution is 0.669. The molecule has 0 aliphatic carbocycles. The van der Waals surface area contributed by atoms with Gasteiger partial charge in [0, 0.05) is 47.7 Å². The quantitative estimate of drug-likeness (QED) is 0.180. The molecule has 0 radical (unpaired) electrons. The Balaban J connectivity index is 1.11. The lowest BCUT2D eigenvalue weighted by atomic mass is 10.0. The van der Waals surface area contributed by atoms with Gasteiger partial charge in [-0.15, -0.1) is 11.3 Å². The van der Waals surface area contributed by atoms with Gasteiger partial charge in [-0.2, -0.15) is 0 Å². The SMILES string of the molecule is c1ccc(-n2c3ccccc3c3cc(-c4ccc(N(c5cccc6oc7ccccc7c56)c5cccc6sc7ccccc7c56)cc4)ccc32)cc1. The maximum Gasteiger partial charge on any atom is 0.137 e. The van der Waals surface area contributed by atoms with Gasteiger partial charge in [0.2, 0.25) is 0 Å². The summed E-state index contributed by atoms with van der Waals surface area (Å²) in [6, 6.07) is 65.4. The highest BCUT2D eigenvalue weighted by Crippen LogP contribution is 2.48. The first-order chi connectivity index (χ1) is 25.8. The average Bonchev–Trinajstić information content (AvgIpc) is 3.89. The van der Waals surface area contributed by atoms with Gasteiger partial charge in [-0.25, -0.2) is 0 Å². The van der Waals surface area contributed by atoms with Crippen LogP contribution in [0.15, 0.2) is 186 Å². The topological polar surface area (TPSA) is 21.3 Å². The molecule has 0 saturated heterocycles. The molecule has 3 nitrogen and oxygen atoms in total. The second-order valence-corrected chi connectivity index (χ2v) is 14.4. The maximum atomic E-state index is 6.40. The van der Waals surface area contributed by atoms with E-state index in [1.807, 2.05) is 17.4 Å². The van der Waals surface area contributed by atoms with Gasteiger partial charge >= 0.3 is 0 Å². The third-order valence-corrected chi connectivity index (χ3v) is 11.5. The molecule has 0 N–H and O–H groups in total. The zero-order valence-electron chi connectivity index (χ0n) is 28.0. The van der Waals surface area contributed by atoms with Gasteiger partial charge in [0.25, 0.3) is 0 Å². The van der Waals surface area contributed by atoms with Crippen molar-refractivity contribution in [3.8, 4) is 16.8 Å². The number of nitrogens with zero attached hydrogens (tertiary/aromatic N) is 2. The van der Waals surface area contributed by atoms with Crippen LogP contribution in [0.25, 0.3) is 80.7 Å². The minimum absolute atomic E-state index is 0.880. The second-order valence-electron chi connectivity index (χ2n) is 13.3. The minimum atomic E-state index is 0.880. The van der Waals surface area contributed by atoms with Crippen LogP contribution in [0.4, 0.5) is 17.1 Å². The Hall–Kier alpha value is -6.62. The Morgan fingerprint density at radius 3 is 1.92 bits per heavy atom. The van der Waals surface area contributed by atoms with Crippen LogP contribution >= 0.6 is 11.3 Å². The van der Waals surface area contributed by atoms with E-state index in [9.17, 15) is 0 Å². The van der Waals surface area contributed by atoms with E-state index in [1.165, 1.54) is 58.8 Å². The van der Waals surface area contributed by atoms with Crippen LogP contribution < -0.4 is 4.90 Å². The molecule has 0 unspecified atom stereocenters. The number of para-hydroxylation sites is 3. The van der Waals surface area contributed by atoms with Gasteiger partial charge in [-0.1, -0.05) is 103 Å². The lowest BCUT2D eigenvalue weighted by Crippen LogP contribution is -2.10. The van der Waals surface area contributed by atoms with Crippen LogP contribution in [-0.4, -0.2) is 4.57 Å². The van der Waals surface area contributed by atoms with Crippen molar-refractivity contribution < 1.29 is 4.42 Å². The minimum Gasteiger partial charge on any atom is -0.456 e. The van der Waals surface area contributed by atoms with Crippen molar-refractivity contribution in [2.24, 2.45) is 0 Å². The van der Waals surface area contributed by atoms with Crippen LogP contribution in [0.5, 0.6) is 0 Å². The molecule has 11 rings (SSSR count). The van der Waals surface area contributed by atoms with Crippen LogP contribution in [0, 0.1) is 0 Å². The summed E-state index contributed by atoms with van der Waals surface area (Å²) >= 11 is 1.85. The van der Waals surface area contributed by atoms with Gasteiger partial charge < -0.3 is 13.9 Å². The standard InChI is InChI=1S/C48H30N2OS/c1-2-12-33(13-3-1)49-39-17-7-4-14-35(39)38-30-32(26-29-40(38)49)31-24-27-34(28-25-31)50(41-18-10-21-44-47(41)36-15-5-8-20-43(36)51-44)42-19-11-23-46-48(42)37-16-6-9-22-45(37)52-46/h1-30H. The van der Waals surface area contributed by atoms with Crippen molar-refractivity contribution in [1.82, 2.24) is 4.57 Å². The number of hydrogen-bond donors (Lipinski definition) is 0. The number of furan rings is 1. The molecule has 0 fully saturated rings. The van der Waals surface area contributed by atoms with E-state index in [1.54, 1.807) is 0 Å². The van der Waals surface area contributed by atoms with Gasteiger partial charge in [-0.05, 0) is 90.0 Å². The first-order valence-electron chi connectivity index (χ1n) is 17.6. The molecule has 0 amide bonds. The average molecular weight is 683 g/mol. The number of fused-ring (bicyclic) bond motifs is 9. The van der Waals surface area contributed by atoms with Gasteiger partial charge in [0.1, 0.15) is 11.2 Å². The van der Waals surface area contributed by atoms with Crippen molar-refractivity contribution in [3.63, 3.8) is 0 Å². The first kappa shape index (κ1) is 29.1. The van der Waals surface area contributed by atoms with Crippen LogP contribution in [-0.2, 0) is 0 Å². The fraction of sp³-hybridized carbons (Fsp3) is 0. The Bertz CT molecular complexity index is 3020. The third-order valence-electron chi connectivity index (χ3n) is 10.4. The highest BCUT2D eigenvalue weighted by molar-refractivity contribution is 7.26. The van der Waals surface area contributed by atoms with E-state index in [4.69, 9.17) is 4.42 Å². The summed E-state index contributed by atoms with van der Waals surface area (Å²) < 4.78 is 11.3. The molecular weight excluding hydrogens is 653 g/mol. The number of benzene rings is 8. The molecule has 0 bridgehead atoms. The maximum absolute atomic E-state index is 6.40. The Morgan fingerprint density at radius 2 is 1.06 bits per heavy atom. The fourth-order valence-electron chi connectivity index (χ4n) is 8.10. The molecule has 8 aromatic carbocycles. The number of anilines is 3. The Kier molecular flexibility index (Phi) is 6.42. The zero-order chi connectivity index (χ0) is 34.2. The van der Waals surface area contributed by atoms with Crippen LogP contribution in [0.1, 0.15) is 0 Å². The molecule has 0 spiro atoms. The number of hydrogen-bond acceptors (Lipinski definition) is 3. The molecule has 3 aromatic heterocycles. The highest BCUT2D eigenvalue weighted by atomic mass is 32.1. The monoisotopic (exact) mass is 682 g/mol. The van der Waals surface area contributed by atoms with E-state index in [0.29, 0.717) is 0 Å².